The largest absolute Gasteiger partial charge is 0.374 e. The van der Waals surface area contributed by atoms with Crippen LogP contribution in [0.3, 0.4) is 0 Å². The highest BCUT2D eigenvalue weighted by Crippen LogP contribution is 2.21. The van der Waals surface area contributed by atoms with Gasteiger partial charge in [0.1, 0.15) is 0 Å². The molecule has 0 atom stereocenters. The zero-order valence-corrected chi connectivity index (χ0v) is 15.9. The van der Waals surface area contributed by atoms with Crippen LogP contribution in [0.5, 0.6) is 0 Å². The van der Waals surface area contributed by atoms with E-state index in [1.807, 2.05) is 27.7 Å². The van der Waals surface area contributed by atoms with E-state index < -0.39 is 11.1 Å². The molecule has 0 fully saturated rings. The second-order valence-corrected chi connectivity index (χ2v) is 8.08. The van der Waals surface area contributed by atoms with Gasteiger partial charge in [-0.3, -0.25) is 0 Å². The second kappa shape index (κ2) is 11.4. The van der Waals surface area contributed by atoms with E-state index in [0.29, 0.717) is 0 Å². The van der Waals surface area contributed by atoms with Gasteiger partial charge in [-0.25, -0.2) is 0 Å². The van der Waals surface area contributed by atoms with Crippen LogP contribution in [0.15, 0.2) is 0 Å². The minimum Gasteiger partial charge on any atom is -0.374 e. The predicted molar refractivity (Wildman–Crippen MR) is 98.1 cm³/mol. The third kappa shape index (κ3) is 11.4. The molecule has 0 amide bonds. The Labute approximate surface area is 139 Å². The Morgan fingerprint density at radius 2 is 1.05 bits per heavy atom. The average Bonchev–Trinajstić information content (AvgIpc) is 2.37. The van der Waals surface area contributed by atoms with Gasteiger partial charge in [-0.15, -0.1) is 0 Å². The smallest absolute Gasteiger partial charge is 0.0922 e. The highest BCUT2D eigenvalue weighted by molar-refractivity contribution is 4.96. The first-order chi connectivity index (χ1) is 10.2. The van der Waals surface area contributed by atoms with Crippen LogP contribution in [0.2, 0.25) is 0 Å². The van der Waals surface area contributed by atoms with Crippen LogP contribution in [0.25, 0.3) is 0 Å². The van der Waals surface area contributed by atoms with Crippen molar-refractivity contribution in [3.8, 4) is 0 Å². The van der Waals surface area contributed by atoms with Crippen LogP contribution in [-0.4, -0.2) is 23.8 Å². The van der Waals surface area contributed by atoms with E-state index in [-0.39, 0.29) is 6.10 Å². The van der Waals surface area contributed by atoms with Gasteiger partial charge in [0.2, 0.25) is 0 Å². The molecule has 4 N–H and O–H groups in total. The maximum absolute atomic E-state index is 6.19. The van der Waals surface area contributed by atoms with Crippen molar-refractivity contribution in [2.45, 2.75) is 116 Å². The first-order valence-corrected chi connectivity index (χ1v) is 9.39. The van der Waals surface area contributed by atoms with Crippen molar-refractivity contribution >= 4 is 0 Å². The number of hydrogen-bond acceptors (Lipinski definition) is 3. The Bertz CT molecular complexity index is 239. The maximum Gasteiger partial charge on any atom is 0.0922 e. The Kier molecular flexibility index (Phi) is 11.4. The Morgan fingerprint density at radius 3 is 1.41 bits per heavy atom. The normalized spacial score (nSPS) is 13.1. The molecule has 0 heterocycles. The van der Waals surface area contributed by atoms with Gasteiger partial charge in [-0.2, -0.15) is 0 Å². The molecule has 0 bridgehead atoms. The van der Waals surface area contributed by atoms with Crippen molar-refractivity contribution in [3.05, 3.63) is 0 Å². The van der Waals surface area contributed by atoms with E-state index in [1.165, 1.54) is 57.8 Å². The number of unbranched alkanes of at least 4 members (excludes halogenated alkanes) is 9. The Balaban J connectivity index is 3.59. The highest BCUT2D eigenvalue weighted by atomic mass is 16.5. The van der Waals surface area contributed by atoms with E-state index in [9.17, 15) is 0 Å². The van der Waals surface area contributed by atoms with Gasteiger partial charge in [0.15, 0.2) is 0 Å². The average molecular weight is 315 g/mol. The Morgan fingerprint density at radius 1 is 0.682 bits per heavy atom. The fraction of sp³-hybridized carbons (Fsp3) is 1.00. The van der Waals surface area contributed by atoms with E-state index in [1.54, 1.807) is 0 Å². The van der Waals surface area contributed by atoms with Crippen LogP contribution >= 0.6 is 0 Å². The molecule has 0 radical (unpaired) electrons. The Hall–Kier alpha value is -0.120. The fourth-order valence-corrected chi connectivity index (χ4v) is 3.18. The molecule has 0 saturated carbocycles. The molecule has 134 valence electrons. The molecule has 3 nitrogen and oxygen atoms in total. The van der Waals surface area contributed by atoms with Gasteiger partial charge < -0.3 is 16.2 Å². The number of ether oxygens (including phenoxy) is 1. The molecule has 0 unspecified atom stereocenters. The summed E-state index contributed by atoms with van der Waals surface area (Å²) in [6, 6.07) is 0. The quantitative estimate of drug-likeness (QED) is 0.454. The summed E-state index contributed by atoms with van der Waals surface area (Å²) in [7, 11) is 0. The van der Waals surface area contributed by atoms with Crippen molar-refractivity contribution < 1.29 is 4.74 Å². The van der Waals surface area contributed by atoms with Crippen LogP contribution in [0, 0.1) is 0 Å². The predicted octanol–water partition coefficient (Wildman–Crippen LogP) is 4.77. The zero-order valence-electron chi connectivity index (χ0n) is 15.9. The molecule has 22 heavy (non-hydrogen) atoms. The molecule has 0 aliphatic heterocycles. The van der Waals surface area contributed by atoms with Gasteiger partial charge in [-0.05, 0) is 34.1 Å². The molecule has 0 rings (SSSR count). The summed E-state index contributed by atoms with van der Waals surface area (Å²) in [6.45, 7) is 11.0. The lowest BCUT2D eigenvalue weighted by atomic mass is 9.84. The lowest BCUT2D eigenvalue weighted by Gasteiger charge is -2.39. The minimum absolute atomic E-state index is 0.112. The van der Waals surface area contributed by atoms with E-state index >= 15 is 0 Å². The van der Waals surface area contributed by atoms with E-state index in [0.717, 1.165) is 13.0 Å². The summed E-state index contributed by atoms with van der Waals surface area (Å²) in [6.07, 6.45) is 13.3. The molecule has 0 aliphatic carbocycles. The van der Waals surface area contributed by atoms with Crippen LogP contribution in [0.1, 0.15) is 98.8 Å². The summed E-state index contributed by atoms with van der Waals surface area (Å²) in [4.78, 5) is 0. The van der Waals surface area contributed by atoms with Crippen LogP contribution in [-0.2, 0) is 4.74 Å². The summed E-state index contributed by atoms with van der Waals surface area (Å²) in [5.74, 6) is 0. The third-order valence-corrected chi connectivity index (χ3v) is 4.13. The van der Waals surface area contributed by atoms with E-state index in [2.05, 4.69) is 6.92 Å². The lowest BCUT2D eigenvalue weighted by Crippen LogP contribution is -2.61. The molecule has 0 aliphatic rings. The molecule has 0 aromatic rings. The second-order valence-electron chi connectivity index (χ2n) is 8.08. The summed E-state index contributed by atoms with van der Waals surface area (Å²) in [5.41, 5.74) is 11.6. The van der Waals surface area contributed by atoms with Crippen molar-refractivity contribution in [3.63, 3.8) is 0 Å². The van der Waals surface area contributed by atoms with Crippen LogP contribution in [0.4, 0.5) is 0 Å². The molecule has 0 spiro atoms. The zero-order chi connectivity index (χ0) is 17.1. The first kappa shape index (κ1) is 21.9. The molecule has 3 heteroatoms. The fourth-order valence-electron chi connectivity index (χ4n) is 3.18. The standard InChI is InChI=1S/C19H42N2O/c1-6-7-8-9-10-11-12-13-14-15-16-22-17(18(2,3)20)19(4,5)21/h17H,6-16,20-21H2,1-5H3. The number of rotatable bonds is 14. The molecule has 0 aromatic heterocycles. The molecular formula is C19H42N2O. The van der Waals surface area contributed by atoms with Crippen molar-refractivity contribution in [1.82, 2.24) is 0 Å². The maximum atomic E-state index is 6.19. The minimum atomic E-state index is -0.406. The third-order valence-electron chi connectivity index (χ3n) is 4.13. The van der Waals surface area contributed by atoms with Gasteiger partial charge >= 0.3 is 0 Å². The van der Waals surface area contributed by atoms with Crippen LogP contribution < -0.4 is 11.5 Å². The van der Waals surface area contributed by atoms with Gasteiger partial charge in [0.25, 0.3) is 0 Å². The lowest BCUT2D eigenvalue weighted by molar-refractivity contribution is -0.0319. The number of nitrogens with two attached hydrogens (primary N) is 2. The summed E-state index contributed by atoms with van der Waals surface area (Å²) in [5, 5.41) is 0. The molecular weight excluding hydrogens is 272 g/mol. The SMILES string of the molecule is CCCCCCCCCCCCOC(C(C)(C)N)C(C)(C)N. The summed E-state index contributed by atoms with van der Waals surface area (Å²) >= 11 is 0. The number of hydrogen-bond donors (Lipinski definition) is 2. The summed E-state index contributed by atoms with van der Waals surface area (Å²) < 4.78 is 5.99. The van der Waals surface area contributed by atoms with Gasteiger partial charge in [0, 0.05) is 17.7 Å². The van der Waals surface area contributed by atoms with Gasteiger partial charge in [-0.1, -0.05) is 64.7 Å². The monoisotopic (exact) mass is 314 g/mol. The van der Waals surface area contributed by atoms with E-state index in [4.69, 9.17) is 16.2 Å². The van der Waals surface area contributed by atoms with Crippen molar-refractivity contribution in [1.29, 1.82) is 0 Å². The highest BCUT2D eigenvalue weighted by Gasteiger charge is 2.36. The van der Waals surface area contributed by atoms with Gasteiger partial charge in [0.05, 0.1) is 6.10 Å². The molecule has 0 saturated heterocycles. The molecule has 0 aromatic carbocycles. The topological polar surface area (TPSA) is 61.3 Å². The first-order valence-electron chi connectivity index (χ1n) is 9.39. The van der Waals surface area contributed by atoms with Crippen molar-refractivity contribution in [2.75, 3.05) is 6.61 Å². The van der Waals surface area contributed by atoms with Crippen molar-refractivity contribution in [2.24, 2.45) is 11.5 Å².